The number of fused-ring (bicyclic) bond motifs is 3. The first-order valence-electron chi connectivity index (χ1n) is 13.0. The van der Waals surface area contributed by atoms with Gasteiger partial charge in [-0.3, -0.25) is 4.79 Å². The molecular formula is C29H25ClF2N2O6S. The second-order valence-electron chi connectivity index (χ2n) is 10.6. The molecule has 3 N–H and O–H groups in total. The molecule has 1 amide bonds. The second-order valence-corrected chi connectivity index (χ2v) is 13.3. The number of aromatic nitrogens is 1. The Morgan fingerprint density at radius 3 is 2.44 bits per heavy atom. The Morgan fingerprint density at radius 1 is 1.05 bits per heavy atom. The van der Waals surface area contributed by atoms with Crippen LogP contribution in [0.4, 0.5) is 14.5 Å². The van der Waals surface area contributed by atoms with Crippen molar-refractivity contribution in [2.45, 2.75) is 47.5 Å². The number of hydrogen-bond acceptors (Lipinski definition) is 7. The van der Waals surface area contributed by atoms with Crippen molar-refractivity contribution in [1.29, 1.82) is 0 Å². The van der Waals surface area contributed by atoms with Crippen molar-refractivity contribution in [1.82, 2.24) is 4.98 Å². The molecule has 2 aliphatic carbocycles. The van der Waals surface area contributed by atoms with Crippen LogP contribution in [-0.2, 0) is 9.84 Å². The number of nitrogens with zero attached hydrogens (tertiary/aromatic N) is 1. The van der Waals surface area contributed by atoms with Gasteiger partial charge < -0.3 is 19.9 Å². The molecule has 6 rings (SSSR count). The minimum atomic E-state index is -4.07. The van der Waals surface area contributed by atoms with Gasteiger partial charge in [-0.05, 0) is 80.0 Å². The second kappa shape index (κ2) is 10.2. The van der Waals surface area contributed by atoms with E-state index in [0.29, 0.717) is 23.9 Å². The summed E-state index contributed by atoms with van der Waals surface area (Å²) in [6, 6.07) is 13.6. The van der Waals surface area contributed by atoms with Gasteiger partial charge in [0, 0.05) is 17.3 Å². The van der Waals surface area contributed by atoms with Crippen molar-refractivity contribution in [3.63, 3.8) is 0 Å². The summed E-state index contributed by atoms with van der Waals surface area (Å²) in [5.41, 5.74) is -0.662. The highest BCUT2D eigenvalue weighted by atomic mass is 35.5. The summed E-state index contributed by atoms with van der Waals surface area (Å²) in [4.78, 5) is 16.9. The third kappa shape index (κ3) is 4.70. The molecule has 12 heteroatoms. The van der Waals surface area contributed by atoms with E-state index in [4.69, 9.17) is 16.0 Å². The minimum Gasteiger partial charge on any atom is -0.438 e. The Morgan fingerprint density at radius 2 is 1.76 bits per heavy atom. The average Bonchev–Trinajstić information content (AvgIpc) is 3.42. The van der Waals surface area contributed by atoms with E-state index in [2.05, 4.69) is 10.3 Å². The van der Waals surface area contributed by atoms with Gasteiger partial charge in [-0.2, -0.15) is 0 Å². The maximum Gasteiger partial charge on any atom is 0.255 e. The zero-order valence-electron chi connectivity index (χ0n) is 21.4. The van der Waals surface area contributed by atoms with Crippen LogP contribution < -0.4 is 5.32 Å². The SMILES string of the molecule is O=C(Nc1ccc(F)c(F)c1)c1ccc(Cl)c(S(=O)(=O)C2CC3CCC(C2)C3(O)C(O)c2nc3ccccc3o2)c1. The maximum atomic E-state index is 13.8. The van der Waals surface area contributed by atoms with Gasteiger partial charge in [0.05, 0.1) is 15.2 Å². The number of halogens is 3. The van der Waals surface area contributed by atoms with Crippen LogP contribution in [0.1, 0.15) is 48.0 Å². The molecule has 214 valence electrons. The molecular weight excluding hydrogens is 578 g/mol. The lowest BCUT2D eigenvalue weighted by Crippen LogP contribution is -2.52. The molecule has 0 radical (unpaired) electrons. The van der Waals surface area contributed by atoms with Gasteiger partial charge in [-0.1, -0.05) is 23.7 Å². The fourth-order valence-corrected chi connectivity index (χ4v) is 8.67. The number of oxazole rings is 1. The summed E-state index contributed by atoms with van der Waals surface area (Å²) in [6.45, 7) is 0. The Balaban J connectivity index is 1.24. The van der Waals surface area contributed by atoms with Crippen LogP contribution in [0.5, 0.6) is 0 Å². The normalized spacial score (nSPS) is 24.9. The summed E-state index contributed by atoms with van der Waals surface area (Å²) in [7, 11) is -4.07. The molecule has 3 unspecified atom stereocenters. The molecule has 41 heavy (non-hydrogen) atoms. The number of rotatable bonds is 6. The highest BCUT2D eigenvalue weighted by Gasteiger charge is 2.60. The first-order chi connectivity index (χ1) is 19.5. The molecule has 2 bridgehead atoms. The number of nitrogens with one attached hydrogen (secondary N) is 1. The van der Waals surface area contributed by atoms with Crippen molar-refractivity contribution < 1.29 is 36.6 Å². The Labute approximate surface area is 238 Å². The van der Waals surface area contributed by atoms with Crippen molar-refractivity contribution >= 4 is 44.1 Å². The molecule has 2 fully saturated rings. The van der Waals surface area contributed by atoms with E-state index in [-0.39, 0.29) is 39.9 Å². The lowest BCUT2D eigenvalue weighted by molar-refractivity contribution is -0.151. The molecule has 1 aromatic heterocycles. The maximum absolute atomic E-state index is 13.8. The van der Waals surface area contributed by atoms with E-state index >= 15 is 0 Å². The molecule has 0 spiro atoms. The zero-order chi connectivity index (χ0) is 29.1. The Kier molecular flexibility index (Phi) is 6.88. The van der Waals surface area contributed by atoms with E-state index < -0.39 is 56.2 Å². The first kappa shape index (κ1) is 27.8. The third-order valence-corrected chi connectivity index (χ3v) is 11.0. The van der Waals surface area contributed by atoms with E-state index in [9.17, 15) is 32.2 Å². The lowest BCUT2D eigenvalue weighted by Gasteiger charge is -2.44. The number of carbonyl (C=O) groups is 1. The summed E-state index contributed by atoms with van der Waals surface area (Å²) >= 11 is 6.30. The van der Waals surface area contributed by atoms with Crippen molar-refractivity contribution in [2.75, 3.05) is 5.32 Å². The number of anilines is 1. The predicted molar refractivity (Wildman–Crippen MR) is 146 cm³/mol. The van der Waals surface area contributed by atoms with Crippen molar-refractivity contribution in [2.24, 2.45) is 11.8 Å². The number of para-hydroxylation sites is 2. The van der Waals surface area contributed by atoms with Crippen LogP contribution >= 0.6 is 11.6 Å². The quantitative estimate of drug-likeness (QED) is 0.268. The fourth-order valence-electron chi connectivity index (χ4n) is 6.27. The van der Waals surface area contributed by atoms with Gasteiger partial charge in [0.25, 0.3) is 5.91 Å². The summed E-state index contributed by atoms with van der Waals surface area (Å²) < 4.78 is 60.2. The van der Waals surface area contributed by atoms with Crippen LogP contribution in [0.3, 0.4) is 0 Å². The van der Waals surface area contributed by atoms with Crippen molar-refractivity contribution in [3.8, 4) is 0 Å². The topological polar surface area (TPSA) is 130 Å². The van der Waals surface area contributed by atoms with Crippen LogP contribution in [0.25, 0.3) is 11.1 Å². The molecule has 8 nitrogen and oxygen atoms in total. The van der Waals surface area contributed by atoms with E-state index in [0.717, 1.165) is 18.2 Å². The van der Waals surface area contributed by atoms with Crippen LogP contribution in [0.2, 0.25) is 5.02 Å². The largest absolute Gasteiger partial charge is 0.438 e. The Hall–Kier alpha value is -3.38. The van der Waals surface area contributed by atoms with Gasteiger partial charge in [-0.25, -0.2) is 22.2 Å². The summed E-state index contributed by atoms with van der Waals surface area (Å²) in [5.74, 6) is -4.07. The minimum absolute atomic E-state index is 0.00565. The number of aliphatic hydroxyl groups excluding tert-OH is 1. The number of carbonyl (C=O) groups excluding carboxylic acids is 1. The summed E-state index contributed by atoms with van der Waals surface area (Å²) in [6.07, 6.45) is -0.297. The van der Waals surface area contributed by atoms with E-state index in [1.54, 1.807) is 24.3 Å². The van der Waals surface area contributed by atoms with Crippen LogP contribution in [0.15, 0.2) is 70.0 Å². The standard InChI is InChI=1S/C29H25ClF2N2O6S/c30-20-9-5-15(27(36)33-18-8-10-21(31)22(32)14-18)11-25(20)41(38,39)19-12-16-6-7-17(13-19)29(16,37)26(35)28-34-23-3-1-2-4-24(23)40-28/h1-5,8-11,14,16-17,19,26,35,37H,6-7,12-13H2,(H,33,36). The number of aliphatic hydroxyl groups is 2. The monoisotopic (exact) mass is 602 g/mol. The third-order valence-electron chi connectivity index (χ3n) is 8.36. The molecule has 3 atom stereocenters. The first-order valence-corrected chi connectivity index (χ1v) is 15.0. The van der Waals surface area contributed by atoms with Crippen molar-refractivity contribution in [3.05, 3.63) is 88.8 Å². The highest BCUT2D eigenvalue weighted by Crippen LogP contribution is 2.56. The number of benzene rings is 3. The fraction of sp³-hybridized carbons (Fsp3) is 0.310. The smallest absolute Gasteiger partial charge is 0.255 e. The number of hydrogen-bond donors (Lipinski definition) is 3. The van der Waals surface area contributed by atoms with Crippen LogP contribution in [0, 0.1) is 23.5 Å². The molecule has 2 aliphatic rings. The molecule has 1 heterocycles. The lowest BCUT2D eigenvalue weighted by atomic mass is 9.71. The molecule has 2 saturated carbocycles. The highest BCUT2D eigenvalue weighted by molar-refractivity contribution is 7.92. The molecule has 4 aromatic rings. The average molecular weight is 603 g/mol. The van der Waals surface area contributed by atoms with E-state index in [1.807, 2.05) is 0 Å². The predicted octanol–water partition coefficient (Wildman–Crippen LogP) is 5.44. The van der Waals surface area contributed by atoms with E-state index in [1.165, 1.54) is 18.2 Å². The Bertz CT molecular complexity index is 1730. The van der Waals surface area contributed by atoms with Gasteiger partial charge in [0.1, 0.15) is 11.1 Å². The van der Waals surface area contributed by atoms with Gasteiger partial charge in [0.15, 0.2) is 33.2 Å². The molecule has 0 saturated heterocycles. The van der Waals surface area contributed by atoms with Gasteiger partial charge >= 0.3 is 0 Å². The van der Waals surface area contributed by atoms with Gasteiger partial charge in [-0.15, -0.1) is 0 Å². The summed E-state index contributed by atoms with van der Waals surface area (Å²) in [5, 5.41) is 24.4. The number of amides is 1. The van der Waals surface area contributed by atoms with Crippen LogP contribution in [-0.4, -0.2) is 40.4 Å². The number of sulfone groups is 1. The zero-order valence-corrected chi connectivity index (χ0v) is 23.0. The molecule has 0 aliphatic heterocycles. The van der Waals surface area contributed by atoms with Gasteiger partial charge in [0.2, 0.25) is 5.89 Å². The molecule has 3 aromatic carbocycles.